The summed E-state index contributed by atoms with van der Waals surface area (Å²) in [6.07, 6.45) is 0. The topological polar surface area (TPSA) is 0 Å². The van der Waals surface area contributed by atoms with E-state index in [1.54, 1.807) is 0 Å². The summed E-state index contributed by atoms with van der Waals surface area (Å²) >= 11 is 5.69. The molecule has 0 spiro atoms. The quantitative estimate of drug-likeness (QED) is 0.575. The highest BCUT2D eigenvalue weighted by molar-refractivity contribution is 6.18. The zero-order valence-electron chi connectivity index (χ0n) is 6.05. The Labute approximate surface area is 66.8 Å². The average molecular weight is 155 g/mol. The Morgan fingerprint density at radius 1 is 1.30 bits per heavy atom. The van der Waals surface area contributed by atoms with Gasteiger partial charge in [-0.1, -0.05) is 37.3 Å². The third-order valence-electron chi connectivity index (χ3n) is 1.60. The molecule has 0 heterocycles. The van der Waals surface area contributed by atoms with Gasteiger partial charge in [-0.15, -0.1) is 11.6 Å². The van der Waals surface area contributed by atoms with Crippen LogP contribution in [0.15, 0.2) is 30.3 Å². The monoisotopic (exact) mass is 154 g/mol. The van der Waals surface area contributed by atoms with Crippen molar-refractivity contribution >= 4 is 11.6 Å². The lowest BCUT2D eigenvalue weighted by molar-refractivity contribution is 0.875. The summed E-state index contributed by atoms with van der Waals surface area (Å²) in [5.41, 5.74) is 1.32. The van der Waals surface area contributed by atoms with Crippen LogP contribution in [0.2, 0.25) is 0 Å². The van der Waals surface area contributed by atoms with Crippen LogP contribution >= 0.6 is 11.6 Å². The highest BCUT2D eigenvalue weighted by Gasteiger charge is 2.00. The van der Waals surface area contributed by atoms with Crippen LogP contribution in [-0.2, 0) is 0 Å². The predicted molar refractivity (Wildman–Crippen MR) is 45.6 cm³/mol. The van der Waals surface area contributed by atoms with E-state index in [2.05, 4.69) is 19.1 Å². The van der Waals surface area contributed by atoms with Crippen LogP contribution in [0.3, 0.4) is 0 Å². The molecule has 1 aromatic rings. The lowest BCUT2D eigenvalue weighted by atomic mass is 10.0. The van der Waals surface area contributed by atoms with Crippen molar-refractivity contribution in [2.45, 2.75) is 12.8 Å². The van der Waals surface area contributed by atoms with Crippen LogP contribution in [-0.4, -0.2) is 5.88 Å². The maximum absolute atomic E-state index is 5.69. The summed E-state index contributed by atoms with van der Waals surface area (Å²) in [5, 5.41) is 0. The van der Waals surface area contributed by atoms with Gasteiger partial charge < -0.3 is 0 Å². The second kappa shape index (κ2) is 3.62. The van der Waals surface area contributed by atoms with E-state index in [9.17, 15) is 0 Å². The summed E-state index contributed by atoms with van der Waals surface area (Å²) in [7, 11) is 0. The lowest BCUT2D eigenvalue weighted by Crippen LogP contribution is -1.92. The van der Waals surface area contributed by atoms with Gasteiger partial charge in [0.1, 0.15) is 0 Å². The van der Waals surface area contributed by atoms with Gasteiger partial charge in [-0.25, -0.2) is 0 Å². The number of alkyl halides is 1. The minimum absolute atomic E-state index is 0.475. The minimum atomic E-state index is 0.475. The van der Waals surface area contributed by atoms with Gasteiger partial charge in [0.2, 0.25) is 0 Å². The zero-order chi connectivity index (χ0) is 7.40. The van der Waals surface area contributed by atoms with Crippen molar-refractivity contribution in [3.63, 3.8) is 0 Å². The predicted octanol–water partition coefficient (Wildman–Crippen LogP) is 3.03. The fourth-order valence-electron chi connectivity index (χ4n) is 0.871. The first kappa shape index (κ1) is 7.62. The molecule has 0 saturated carbocycles. The molecule has 1 aromatic carbocycles. The van der Waals surface area contributed by atoms with Crippen LogP contribution in [0.5, 0.6) is 0 Å². The molecule has 54 valence electrons. The van der Waals surface area contributed by atoms with Crippen molar-refractivity contribution in [1.29, 1.82) is 0 Å². The number of rotatable bonds is 2. The van der Waals surface area contributed by atoms with Gasteiger partial charge in [-0.2, -0.15) is 0 Å². The summed E-state index contributed by atoms with van der Waals surface area (Å²) in [6.45, 7) is 2.13. The van der Waals surface area contributed by atoms with Crippen LogP contribution in [0.25, 0.3) is 0 Å². The Kier molecular flexibility index (Phi) is 2.76. The summed E-state index contributed by atoms with van der Waals surface area (Å²) in [5.74, 6) is 1.17. The maximum atomic E-state index is 5.69. The molecule has 0 aliphatic heterocycles. The van der Waals surface area contributed by atoms with E-state index >= 15 is 0 Å². The maximum Gasteiger partial charge on any atom is 0.0289 e. The Hall–Kier alpha value is -0.490. The molecular weight excluding hydrogens is 144 g/mol. The number of hydrogen-bond acceptors (Lipinski definition) is 0. The van der Waals surface area contributed by atoms with Crippen LogP contribution in [0.4, 0.5) is 0 Å². The van der Waals surface area contributed by atoms with Crippen molar-refractivity contribution in [1.82, 2.24) is 0 Å². The van der Waals surface area contributed by atoms with E-state index < -0.39 is 0 Å². The fourth-order valence-corrected chi connectivity index (χ4v) is 1.05. The molecule has 1 rings (SSSR count). The molecule has 0 aliphatic carbocycles. The van der Waals surface area contributed by atoms with Crippen molar-refractivity contribution in [3.8, 4) is 0 Å². The van der Waals surface area contributed by atoms with Gasteiger partial charge >= 0.3 is 0 Å². The van der Waals surface area contributed by atoms with Gasteiger partial charge in [-0.05, 0) is 11.5 Å². The van der Waals surface area contributed by atoms with Crippen molar-refractivity contribution in [3.05, 3.63) is 35.9 Å². The largest absolute Gasteiger partial charge is 0.126 e. The fraction of sp³-hybridized carbons (Fsp3) is 0.333. The number of benzene rings is 1. The van der Waals surface area contributed by atoms with E-state index in [1.807, 2.05) is 18.2 Å². The van der Waals surface area contributed by atoms with E-state index in [1.165, 1.54) is 5.56 Å². The molecule has 0 saturated heterocycles. The first-order valence-corrected chi connectivity index (χ1v) is 3.99. The minimum Gasteiger partial charge on any atom is -0.126 e. The number of hydrogen-bond donors (Lipinski definition) is 0. The third kappa shape index (κ3) is 1.74. The molecule has 10 heavy (non-hydrogen) atoms. The summed E-state index contributed by atoms with van der Waals surface area (Å²) < 4.78 is 0. The van der Waals surface area contributed by atoms with E-state index in [0.717, 1.165) is 0 Å². The van der Waals surface area contributed by atoms with Crippen LogP contribution < -0.4 is 0 Å². The normalized spacial score (nSPS) is 13.0. The summed E-state index contributed by atoms with van der Waals surface area (Å²) in [4.78, 5) is 0. The van der Waals surface area contributed by atoms with Gasteiger partial charge in [-0.3, -0.25) is 0 Å². The average Bonchev–Trinajstić information content (AvgIpc) is 2.05. The molecule has 0 fully saturated rings. The van der Waals surface area contributed by atoms with Gasteiger partial charge in [0.05, 0.1) is 0 Å². The van der Waals surface area contributed by atoms with Crippen LogP contribution in [0.1, 0.15) is 18.4 Å². The molecule has 1 atom stereocenters. The van der Waals surface area contributed by atoms with E-state index in [-0.39, 0.29) is 0 Å². The second-order valence-corrected chi connectivity index (χ2v) is 2.77. The Morgan fingerprint density at radius 3 is 2.40 bits per heavy atom. The molecule has 0 aromatic heterocycles. The number of halogens is 1. The highest BCUT2D eigenvalue weighted by atomic mass is 35.5. The first-order valence-electron chi connectivity index (χ1n) is 3.45. The van der Waals surface area contributed by atoms with Crippen molar-refractivity contribution in [2.24, 2.45) is 0 Å². The Bertz CT molecular complexity index is 181. The first-order chi connectivity index (χ1) is 4.84. The van der Waals surface area contributed by atoms with Crippen LogP contribution in [0, 0.1) is 0 Å². The Morgan fingerprint density at radius 2 is 1.90 bits per heavy atom. The van der Waals surface area contributed by atoms with E-state index in [4.69, 9.17) is 11.6 Å². The molecule has 1 heteroatoms. The molecule has 0 N–H and O–H groups in total. The third-order valence-corrected chi connectivity index (χ3v) is 2.06. The summed E-state index contributed by atoms with van der Waals surface area (Å²) in [6, 6.07) is 10.3. The van der Waals surface area contributed by atoms with Gasteiger partial charge in [0.25, 0.3) is 0 Å². The SMILES string of the molecule is C[C@@H](CCl)c1ccccc1. The lowest BCUT2D eigenvalue weighted by Gasteiger charge is -2.05. The van der Waals surface area contributed by atoms with Crippen molar-refractivity contribution < 1.29 is 0 Å². The van der Waals surface area contributed by atoms with Gasteiger partial charge in [0.15, 0.2) is 0 Å². The molecule has 0 aliphatic rings. The smallest absolute Gasteiger partial charge is 0.0289 e. The molecule has 0 bridgehead atoms. The second-order valence-electron chi connectivity index (χ2n) is 2.47. The van der Waals surface area contributed by atoms with E-state index in [0.29, 0.717) is 11.8 Å². The molecule has 0 nitrogen and oxygen atoms in total. The molecule has 0 amide bonds. The zero-order valence-corrected chi connectivity index (χ0v) is 6.81. The Balaban J connectivity index is 2.75. The standard InChI is InChI=1S/C9H11Cl/c1-8(7-10)9-5-3-2-4-6-9/h2-6,8H,7H2,1H3/t8-/m0/s1. The molecular formula is C9H11Cl. The molecule has 0 unspecified atom stereocenters. The van der Waals surface area contributed by atoms with Crippen molar-refractivity contribution in [2.75, 3.05) is 5.88 Å². The highest BCUT2D eigenvalue weighted by Crippen LogP contribution is 2.14. The van der Waals surface area contributed by atoms with Gasteiger partial charge in [0, 0.05) is 5.88 Å². The molecule has 0 radical (unpaired) electrons.